The van der Waals surface area contributed by atoms with Crippen LogP contribution in [0.3, 0.4) is 0 Å². The molecule has 41 heavy (non-hydrogen) atoms. The summed E-state index contributed by atoms with van der Waals surface area (Å²) in [7, 11) is 0. The van der Waals surface area contributed by atoms with Crippen LogP contribution >= 0.6 is 0 Å². The summed E-state index contributed by atoms with van der Waals surface area (Å²) in [5.74, 6) is -0.975. The average Bonchev–Trinajstić information content (AvgIpc) is 3.30. The van der Waals surface area contributed by atoms with Crippen molar-refractivity contribution in [3.8, 4) is 0 Å². The maximum Gasteiger partial charge on any atom is 0.417 e. The number of cyclic esters (lactones) is 1. The van der Waals surface area contributed by atoms with Gasteiger partial charge >= 0.3 is 12.1 Å². The highest BCUT2D eigenvalue weighted by Gasteiger charge is 2.51. The number of imide groups is 1. The van der Waals surface area contributed by atoms with Gasteiger partial charge in [0, 0.05) is 13.0 Å². The van der Waals surface area contributed by atoms with Gasteiger partial charge in [-0.15, -0.1) is 0 Å². The molecule has 8 heteroatoms. The third-order valence-corrected chi connectivity index (χ3v) is 7.11. The van der Waals surface area contributed by atoms with E-state index in [2.05, 4.69) is 5.32 Å². The van der Waals surface area contributed by atoms with Crippen LogP contribution in [0.1, 0.15) is 54.7 Å². The van der Waals surface area contributed by atoms with Gasteiger partial charge in [0.1, 0.15) is 17.7 Å². The lowest BCUT2D eigenvalue weighted by atomic mass is 9.83. The maximum atomic E-state index is 14.4. The lowest BCUT2D eigenvalue weighted by molar-refractivity contribution is -0.141. The Morgan fingerprint density at radius 2 is 1.54 bits per heavy atom. The van der Waals surface area contributed by atoms with Gasteiger partial charge in [-0.25, -0.2) is 14.5 Å². The third kappa shape index (κ3) is 7.39. The van der Waals surface area contributed by atoms with Crippen LogP contribution in [0.5, 0.6) is 0 Å². The fraction of sp³-hybridized carbons (Fsp3) is 0.364. The first kappa shape index (κ1) is 30.0. The van der Waals surface area contributed by atoms with Gasteiger partial charge in [0.25, 0.3) is 5.91 Å². The zero-order chi connectivity index (χ0) is 29.6. The molecule has 2 N–H and O–H groups in total. The number of aliphatic hydroxyl groups excluding tert-OH is 1. The topological polar surface area (TPSA) is 105 Å². The number of esters is 1. The molecular weight excluding hydrogens is 520 g/mol. The highest BCUT2D eigenvalue weighted by molar-refractivity contribution is 5.99. The lowest BCUT2D eigenvalue weighted by Gasteiger charge is -2.39. The molecule has 0 unspecified atom stereocenters. The van der Waals surface area contributed by atoms with Gasteiger partial charge in [0.15, 0.2) is 0 Å². The predicted molar refractivity (Wildman–Crippen MR) is 155 cm³/mol. The molecule has 1 aliphatic rings. The molecule has 216 valence electrons. The minimum atomic E-state index is -1.54. The van der Waals surface area contributed by atoms with Gasteiger partial charge in [-0.05, 0) is 62.9 Å². The molecule has 2 amide bonds. The van der Waals surface area contributed by atoms with Crippen molar-refractivity contribution in [2.45, 2.75) is 70.4 Å². The first-order valence-electron chi connectivity index (χ1n) is 13.8. The Labute approximate surface area is 241 Å². The van der Waals surface area contributed by atoms with Crippen LogP contribution in [-0.4, -0.2) is 57.9 Å². The van der Waals surface area contributed by atoms with E-state index in [1.807, 2.05) is 81.4 Å². The van der Waals surface area contributed by atoms with E-state index in [-0.39, 0.29) is 19.6 Å². The average molecular weight is 559 g/mol. The fourth-order valence-corrected chi connectivity index (χ4v) is 4.92. The Hall–Kier alpha value is -4.01. The molecule has 0 spiro atoms. The molecule has 0 radical (unpaired) electrons. The number of carbonyl (C=O) groups excluding carboxylic acids is 3. The Bertz CT molecular complexity index is 1340. The van der Waals surface area contributed by atoms with Gasteiger partial charge in [0.05, 0.1) is 17.7 Å². The number of hydrogen-bond donors (Lipinski definition) is 2. The second-order valence-corrected chi connectivity index (χ2v) is 11.5. The van der Waals surface area contributed by atoms with E-state index in [0.29, 0.717) is 12.0 Å². The quantitative estimate of drug-likeness (QED) is 0.348. The highest BCUT2D eigenvalue weighted by Crippen LogP contribution is 2.28. The van der Waals surface area contributed by atoms with Gasteiger partial charge in [-0.2, -0.15) is 0 Å². The first-order valence-corrected chi connectivity index (χ1v) is 13.8. The van der Waals surface area contributed by atoms with E-state index in [4.69, 9.17) is 9.47 Å². The number of ether oxygens (including phenoxy) is 2. The number of amides is 2. The van der Waals surface area contributed by atoms with Crippen LogP contribution < -0.4 is 5.32 Å². The zero-order valence-corrected chi connectivity index (χ0v) is 24.0. The second kappa shape index (κ2) is 12.7. The highest BCUT2D eigenvalue weighted by atomic mass is 16.6. The lowest BCUT2D eigenvalue weighted by Crippen LogP contribution is -2.66. The number of hydrogen-bond acceptors (Lipinski definition) is 7. The van der Waals surface area contributed by atoms with Crippen LogP contribution in [0, 0.1) is 0 Å². The summed E-state index contributed by atoms with van der Waals surface area (Å²) in [6, 6.07) is 25.3. The molecule has 0 bridgehead atoms. The van der Waals surface area contributed by atoms with Gasteiger partial charge < -0.3 is 14.6 Å². The summed E-state index contributed by atoms with van der Waals surface area (Å²) < 4.78 is 10.8. The van der Waals surface area contributed by atoms with Crippen LogP contribution in [0.4, 0.5) is 4.79 Å². The molecule has 0 aromatic heterocycles. The molecule has 0 aliphatic carbocycles. The largest absolute Gasteiger partial charge is 0.456 e. The van der Waals surface area contributed by atoms with Crippen molar-refractivity contribution in [1.82, 2.24) is 10.2 Å². The summed E-state index contributed by atoms with van der Waals surface area (Å²) >= 11 is 0. The monoisotopic (exact) mass is 558 g/mol. The van der Waals surface area contributed by atoms with Gasteiger partial charge in [0.2, 0.25) is 0 Å². The molecule has 3 atom stereocenters. The SMILES string of the molecule is C[C@H](O)[C@](Cc1ccccc1)(NCc1ccc(C(=O)OC(C)(C)C)cc1)C(=O)N1C(=O)OC[C@H]1Cc1ccccc1. The van der Waals surface area contributed by atoms with Crippen molar-refractivity contribution in [3.63, 3.8) is 0 Å². The maximum absolute atomic E-state index is 14.4. The molecule has 4 rings (SSSR count). The van der Waals surface area contributed by atoms with E-state index in [1.165, 1.54) is 0 Å². The molecule has 3 aromatic carbocycles. The summed E-state index contributed by atoms with van der Waals surface area (Å²) in [5.41, 5.74) is 0.839. The molecule has 1 aliphatic heterocycles. The van der Waals surface area contributed by atoms with Gasteiger partial charge in [-0.1, -0.05) is 72.8 Å². The van der Waals surface area contributed by atoms with Crippen LogP contribution in [0.25, 0.3) is 0 Å². The Balaban J connectivity index is 1.62. The minimum absolute atomic E-state index is 0.0762. The van der Waals surface area contributed by atoms with E-state index < -0.39 is 41.3 Å². The number of rotatable bonds is 10. The van der Waals surface area contributed by atoms with Gasteiger partial charge in [-0.3, -0.25) is 10.1 Å². The smallest absolute Gasteiger partial charge is 0.417 e. The van der Waals surface area contributed by atoms with Crippen molar-refractivity contribution < 1.29 is 29.0 Å². The molecule has 3 aromatic rings. The number of aliphatic hydroxyl groups is 1. The Kier molecular flexibility index (Phi) is 9.25. The predicted octanol–water partition coefficient (Wildman–Crippen LogP) is 4.68. The second-order valence-electron chi connectivity index (χ2n) is 11.5. The number of nitrogens with zero attached hydrogens (tertiary/aromatic N) is 1. The minimum Gasteiger partial charge on any atom is -0.456 e. The first-order chi connectivity index (χ1) is 19.5. The summed E-state index contributed by atoms with van der Waals surface area (Å²) in [5, 5.41) is 14.5. The zero-order valence-electron chi connectivity index (χ0n) is 24.0. The normalized spacial score (nSPS) is 17.4. The van der Waals surface area contributed by atoms with Crippen molar-refractivity contribution in [3.05, 3.63) is 107 Å². The fourth-order valence-electron chi connectivity index (χ4n) is 4.92. The molecule has 8 nitrogen and oxygen atoms in total. The summed E-state index contributed by atoms with van der Waals surface area (Å²) in [6.07, 6.45) is -1.31. The number of benzene rings is 3. The molecule has 0 saturated carbocycles. The Morgan fingerprint density at radius 1 is 0.951 bits per heavy atom. The van der Waals surface area contributed by atoms with Crippen molar-refractivity contribution in [1.29, 1.82) is 0 Å². The molecule has 1 fully saturated rings. The van der Waals surface area contributed by atoms with E-state index in [1.54, 1.807) is 31.2 Å². The van der Waals surface area contributed by atoms with Crippen LogP contribution in [-0.2, 0) is 33.7 Å². The van der Waals surface area contributed by atoms with E-state index in [0.717, 1.165) is 21.6 Å². The third-order valence-electron chi connectivity index (χ3n) is 7.11. The molecule has 1 saturated heterocycles. The molecule has 1 heterocycles. The Morgan fingerprint density at radius 3 is 2.10 bits per heavy atom. The number of carbonyl (C=O) groups is 3. The summed E-state index contributed by atoms with van der Waals surface area (Å²) in [6.45, 7) is 7.25. The van der Waals surface area contributed by atoms with Crippen LogP contribution in [0.15, 0.2) is 84.9 Å². The van der Waals surface area contributed by atoms with E-state index in [9.17, 15) is 19.5 Å². The standard InChI is InChI=1S/C33H38N2O6/c1-23(36)33(20-25-13-9-6-10-14-25,34-21-26-15-17-27(18-16-26)29(37)41-32(2,3)4)30(38)35-28(22-40-31(35)39)19-24-11-7-5-8-12-24/h5-18,23,28,34,36H,19-22H2,1-4H3/t23-,28+,33-/m0/s1. The summed E-state index contributed by atoms with van der Waals surface area (Å²) in [4.78, 5) is 40.9. The van der Waals surface area contributed by atoms with Crippen molar-refractivity contribution in [2.24, 2.45) is 0 Å². The molecular formula is C33H38N2O6. The van der Waals surface area contributed by atoms with Crippen molar-refractivity contribution >= 4 is 18.0 Å². The van der Waals surface area contributed by atoms with Crippen LogP contribution in [0.2, 0.25) is 0 Å². The van der Waals surface area contributed by atoms with E-state index >= 15 is 0 Å². The number of nitrogens with one attached hydrogen (secondary N) is 1. The van der Waals surface area contributed by atoms with Crippen molar-refractivity contribution in [2.75, 3.05) is 6.61 Å².